The summed E-state index contributed by atoms with van der Waals surface area (Å²) in [6.07, 6.45) is -0.481. The Labute approximate surface area is 113 Å². The monoisotopic (exact) mass is 265 g/mol. The van der Waals surface area contributed by atoms with E-state index in [9.17, 15) is 5.11 Å². The summed E-state index contributed by atoms with van der Waals surface area (Å²) in [4.78, 5) is 0. The van der Waals surface area contributed by atoms with E-state index in [1.54, 1.807) is 12.1 Å². The Morgan fingerprint density at radius 2 is 1.68 bits per heavy atom. The fourth-order valence-corrected chi connectivity index (χ4v) is 1.86. The van der Waals surface area contributed by atoms with E-state index in [0.717, 1.165) is 0 Å². The zero-order valence-corrected chi connectivity index (χ0v) is 11.6. The molecule has 1 aromatic rings. The third-order valence-corrected chi connectivity index (χ3v) is 2.98. The van der Waals surface area contributed by atoms with E-state index in [1.165, 1.54) is 21.3 Å². The maximum atomic E-state index is 10.2. The lowest BCUT2D eigenvalue weighted by molar-refractivity contribution is 0.119. The molecule has 0 fully saturated rings. The van der Waals surface area contributed by atoms with Gasteiger partial charge in [0.05, 0.1) is 33.5 Å². The van der Waals surface area contributed by atoms with Crippen molar-refractivity contribution < 1.29 is 19.3 Å². The van der Waals surface area contributed by atoms with Gasteiger partial charge in [-0.25, -0.2) is 0 Å². The Morgan fingerprint density at radius 1 is 1.16 bits per heavy atom. The zero-order valence-electron chi connectivity index (χ0n) is 11.6. The summed E-state index contributed by atoms with van der Waals surface area (Å²) < 4.78 is 15.7. The Bertz CT molecular complexity index is 442. The lowest BCUT2D eigenvalue weighted by Gasteiger charge is -2.20. The van der Waals surface area contributed by atoms with Crippen molar-refractivity contribution >= 4 is 0 Å². The second-order valence-corrected chi connectivity index (χ2v) is 4.24. The minimum Gasteiger partial charge on any atom is -0.493 e. The largest absolute Gasteiger partial charge is 0.493 e. The predicted octanol–water partition coefficient (Wildman–Crippen LogP) is 2.30. The molecule has 0 bridgehead atoms. The van der Waals surface area contributed by atoms with E-state index < -0.39 is 6.10 Å². The molecule has 1 N–H and O–H groups in total. The molecule has 0 aromatic heterocycles. The topological polar surface area (TPSA) is 71.7 Å². The first kappa shape index (κ1) is 15.1. The molecule has 0 spiro atoms. The first-order chi connectivity index (χ1) is 9.08. The molecule has 2 unspecified atom stereocenters. The highest BCUT2D eigenvalue weighted by molar-refractivity contribution is 5.54. The third-order valence-electron chi connectivity index (χ3n) is 2.98. The summed E-state index contributed by atoms with van der Waals surface area (Å²) in [7, 11) is 4.56. The number of aliphatic hydroxyl groups is 1. The Morgan fingerprint density at radius 3 is 2.05 bits per heavy atom. The van der Waals surface area contributed by atoms with E-state index in [2.05, 4.69) is 6.07 Å². The van der Waals surface area contributed by atoms with Gasteiger partial charge in [-0.3, -0.25) is 0 Å². The van der Waals surface area contributed by atoms with Gasteiger partial charge in [0.2, 0.25) is 5.75 Å². The Kier molecular flexibility index (Phi) is 5.46. The summed E-state index contributed by atoms with van der Waals surface area (Å²) in [6, 6.07) is 5.44. The molecule has 0 aliphatic heterocycles. The molecule has 2 atom stereocenters. The van der Waals surface area contributed by atoms with Gasteiger partial charge in [0.15, 0.2) is 11.5 Å². The number of benzene rings is 1. The van der Waals surface area contributed by atoms with Gasteiger partial charge in [-0.05, 0) is 23.6 Å². The summed E-state index contributed by atoms with van der Waals surface area (Å²) in [5.41, 5.74) is 0.636. The highest BCUT2D eigenvalue weighted by Crippen LogP contribution is 2.40. The number of ether oxygens (including phenoxy) is 3. The van der Waals surface area contributed by atoms with Crippen molar-refractivity contribution in [2.45, 2.75) is 19.4 Å². The van der Waals surface area contributed by atoms with Crippen LogP contribution in [-0.2, 0) is 0 Å². The van der Waals surface area contributed by atoms with E-state index in [4.69, 9.17) is 19.5 Å². The molecule has 19 heavy (non-hydrogen) atoms. The average Bonchev–Trinajstić information content (AvgIpc) is 2.44. The van der Waals surface area contributed by atoms with E-state index in [1.807, 2.05) is 6.92 Å². The number of methoxy groups -OCH3 is 3. The molecular weight excluding hydrogens is 246 g/mol. The molecule has 104 valence electrons. The van der Waals surface area contributed by atoms with Crippen LogP contribution >= 0.6 is 0 Å². The molecule has 0 saturated heterocycles. The summed E-state index contributed by atoms with van der Waals surface area (Å²) in [6.45, 7) is 1.82. The van der Waals surface area contributed by atoms with Crippen molar-refractivity contribution in [3.05, 3.63) is 17.7 Å². The normalized spacial score (nSPS) is 13.3. The maximum Gasteiger partial charge on any atom is 0.203 e. The zero-order chi connectivity index (χ0) is 14.4. The smallest absolute Gasteiger partial charge is 0.203 e. The first-order valence-corrected chi connectivity index (χ1v) is 5.93. The van der Waals surface area contributed by atoms with Crippen molar-refractivity contribution in [1.29, 1.82) is 5.26 Å². The highest BCUT2D eigenvalue weighted by atomic mass is 16.5. The molecule has 0 amide bonds. The van der Waals surface area contributed by atoms with E-state index >= 15 is 0 Å². The van der Waals surface area contributed by atoms with Crippen molar-refractivity contribution in [1.82, 2.24) is 0 Å². The Balaban J connectivity index is 3.19. The van der Waals surface area contributed by atoms with Crippen LogP contribution in [0.3, 0.4) is 0 Å². The average molecular weight is 265 g/mol. The lowest BCUT2D eigenvalue weighted by Crippen LogP contribution is -2.09. The van der Waals surface area contributed by atoms with E-state index in [-0.39, 0.29) is 12.3 Å². The summed E-state index contributed by atoms with van der Waals surface area (Å²) in [5, 5.41) is 18.9. The van der Waals surface area contributed by atoms with Crippen molar-refractivity contribution in [2.75, 3.05) is 21.3 Å². The second-order valence-electron chi connectivity index (χ2n) is 4.24. The van der Waals surface area contributed by atoms with Gasteiger partial charge in [-0.15, -0.1) is 0 Å². The van der Waals surface area contributed by atoms with Gasteiger partial charge >= 0.3 is 0 Å². The molecule has 0 heterocycles. The number of nitriles is 1. The minimum absolute atomic E-state index is 0.173. The SMILES string of the molecule is COc1cc(C(O)C(C)CC#N)cc(OC)c1OC. The fourth-order valence-electron chi connectivity index (χ4n) is 1.86. The van der Waals surface area contributed by atoms with Crippen LogP contribution in [0.25, 0.3) is 0 Å². The van der Waals surface area contributed by atoms with Crippen molar-refractivity contribution in [2.24, 2.45) is 5.92 Å². The number of nitrogens with zero attached hydrogens (tertiary/aromatic N) is 1. The van der Waals surface area contributed by atoms with Crippen LogP contribution in [0.2, 0.25) is 0 Å². The molecular formula is C14H19NO4. The number of aliphatic hydroxyl groups excluding tert-OH is 1. The minimum atomic E-state index is -0.756. The molecule has 5 nitrogen and oxygen atoms in total. The van der Waals surface area contributed by atoms with Crippen LogP contribution in [0.15, 0.2) is 12.1 Å². The van der Waals surface area contributed by atoms with Gasteiger partial charge in [0.1, 0.15) is 0 Å². The van der Waals surface area contributed by atoms with Crippen molar-refractivity contribution in [3.8, 4) is 23.3 Å². The van der Waals surface area contributed by atoms with Crippen LogP contribution in [0.1, 0.15) is 25.0 Å². The maximum absolute atomic E-state index is 10.2. The number of hydrogen-bond acceptors (Lipinski definition) is 5. The highest BCUT2D eigenvalue weighted by Gasteiger charge is 2.21. The molecule has 0 saturated carbocycles. The first-order valence-electron chi connectivity index (χ1n) is 5.93. The standard InChI is InChI=1S/C14H19NO4/c1-9(5-6-15)13(16)10-7-11(17-2)14(19-4)12(8-10)18-3/h7-9,13,16H,5H2,1-4H3. The quantitative estimate of drug-likeness (QED) is 0.854. The van der Waals surface area contributed by atoms with Crippen molar-refractivity contribution in [3.63, 3.8) is 0 Å². The van der Waals surface area contributed by atoms with Gasteiger partial charge in [-0.1, -0.05) is 6.92 Å². The molecule has 1 rings (SSSR count). The van der Waals surface area contributed by atoms with Crippen LogP contribution in [-0.4, -0.2) is 26.4 Å². The predicted molar refractivity (Wildman–Crippen MR) is 70.5 cm³/mol. The molecule has 0 radical (unpaired) electrons. The van der Waals surface area contributed by atoms with Gasteiger partial charge in [0, 0.05) is 6.42 Å². The second kappa shape index (κ2) is 6.86. The lowest BCUT2D eigenvalue weighted by atomic mass is 9.94. The molecule has 5 heteroatoms. The third kappa shape index (κ3) is 3.30. The van der Waals surface area contributed by atoms with Crippen LogP contribution < -0.4 is 14.2 Å². The van der Waals surface area contributed by atoms with E-state index in [0.29, 0.717) is 22.8 Å². The Hall–Kier alpha value is -1.93. The van der Waals surface area contributed by atoms with Gasteiger partial charge < -0.3 is 19.3 Å². The molecule has 0 aliphatic carbocycles. The molecule has 0 aliphatic rings. The number of rotatable bonds is 6. The van der Waals surface area contributed by atoms with Crippen LogP contribution in [0.4, 0.5) is 0 Å². The summed E-state index contributed by atoms with van der Waals surface area (Å²) >= 11 is 0. The van der Waals surface area contributed by atoms with Crippen LogP contribution in [0.5, 0.6) is 17.2 Å². The fraction of sp³-hybridized carbons (Fsp3) is 0.500. The van der Waals surface area contributed by atoms with Crippen LogP contribution in [0, 0.1) is 17.2 Å². The molecule has 1 aromatic carbocycles. The number of hydrogen-bond donors (Lipinski definition) is 1. The van der Waals surface area contributed by atoms with Gasteiger partial charge in [0.25, 0.3) is 0 Å². The summed E-state index contributed by atoms with van der Waals surface area (Å²) in [5.74, 6) is 1.28. The van der Waals surface area contributed by atoms with Gasteiger partial charge in [-0.2, -0.15) is 5.26 Å².